The van der Waals surface area contributed by atoms with E-state index >= 15 is 0 Å². The highest BCUT2D eigenvalue weighted by atomic mass is 32.2. The van der Waals surface area contributed by atoms with E-state index in [0.29, 0.717) is 16.6 Å². The van der Waals surface area contributed by atoms with Gasteiger partial charge in [0.1, 0.15) is 4.90 Å². The van der Waals surface area contributed by atoms with E-state index in [0.717, 1.165) is 22.9 Å². The zero-order chi connectivity index (χ0) is 15.9. The average Bonchev–Trinajstić information content (AvgIpc) is 3.10. The maximum atomic E-state index is 12.5. The number of rotatable bonds is 5. The molecule has 0 spiro atoms. The summed E-state index contributed by atoms with van der Waals surface area (Å²) in [5, 5.41) is 10.6. The van der Waals surface area contributed by atoms with Crippen LogP contribution < -0.4 is 4.72 Å². The van der Waals surface area contributed by atoms with Crippen LogP contribution in [0.5, 0.6) is 0 Å². The minimum atomic E-state index is -3.56. The summed E-state index contributed by atoms with van der Waals surface area (Å²) in [5.41, 5.74) is 0.639. The van der Waals surface area contributed by atoms with Crippen LogP contribution in [-0.4, -0.2) is 23.4 Å². The summed E-state index contributed by atoms with van der Waals surface area (Å²) in [7, 11) is -3.56. The molecule has 0 amide bonds. The van der Waals surface area contributed by atoms with Gasteiger partial charge in [-0.3, -0.25) is 0 Å². The Balaban J connectivity index is 1.52. The molecule has 3 aromatic rings. The minimum Gasteiger partial charge on any atom is -0.249 e. The number of nitrogens with zero attached hydrogens (tertiary/aromatic N) is 3. The van der Waals surface area contributed by atoms with Gasteiger partial charge in [0.15, 0.2) is 0 Å². The first-order chi connectivity index (χ1) is 11.1. The molecule has 23 heavy (non-hydrogen) atoms. The first-order valence-corrected chi connectivity index (χ1v) is 9.86. The fourth-order valence-corrected chi connectivity index (χ4v) is 5.13. The van der Waals surface area contributed by atoms with Gasteiger partial charge in [-0.15, -0.1) is 16.4 Å². The predicted octanol–water partition coefficient (Wildman–Crippen LogP) is 2.70. The second kappa shape index (κ2) is 5.70. The Kier molecular flexibility index (Phi) is 3.67. The lowest BCUT2D eigenvalue weighted by Crippen LogP contribution is -2.23. The van der Waals surface area contributed by atoms with Crippen LogP contribution in [-0.2, 0) is 16.6 Å². The van der Waals surface area contributed by atoms with Crippen LogP contribution in [0.3, 0.4) is 0 Å². The summed E-state index contributed by atoms with van der Waals surface area (Å²) < 4.78 is 30.5. The SMILES string of the molecule is O=S(=O)(NCc1cn(C2CCC2)nn1)c1csc2ccccc12. The fourth-order valence-electron chi connectivity index (χ4n) is 2.63. The molecule has 4 rings (SSSR count). The predicted molar refractivity (Wildman–Crippen MR) is 88.8 cm³/mol. The molecule has 0 aliphatic heterocycles. The normalized spacial score (nSPS) is 15.8. The van der Waals surface area contributed by atoms with Gasteiger partial charge in [0.05, 0.1) is 24.5 Å². The smallest absolute Gasteiger partial charge is 0.242 e. The Morgan fingerprint density at radius 2 is 2.13 bits per heavy atom. The lowest BCUT2D eigenvalue weighted by molar-refractivity contribution is 0.284. The van der Waals surface area contributed by atoms with Gasteiger partial charge in [0.2, 0.25) is 10.0 Å². The van der Waals surface area contributed by atoms with E-state index in [-0.39, 0.29) is 6.54 Å². The average molecular weight is 348 g/mol. The monoisotopic (exact) mass is 348 g/mol. The van der Waals surface area contributed by atoms with Gasteiger partial charge in [-0.2, -0.15) is 0 Å². The zero-order valence-corrected chi connectivity index (χ0v) is 14.0. The van der Waals surface area contributed by atoms with E-state index in [4.69, 9.17) is 0 Å². The van der Waals surface area contributed by atoms with Crippen molar-refractivity contribution in [3.05, 3.63) is 41.5 Å². The molecule has 1 N–H and O–H groups in total. The second-order valence-electron chi connectivity index (χ2n) is 5.70. The van der Waals surface area contributed by atoms with Crippen molar-refractivity contribution in [2.24, 2.45) is 0 Å². The number of benzene rings is 1. The standard InChI is InChI=1S/C15H16N4O2S2/c20-23(21,15-10-22-14-7-2-1-6-13(14)15)16-8-11-9-19(18-17-11)12-4-3-5-12/h1-2,6-7,9-10,12,16H,3-5,8H2. The van der Waals surface area contributed by atoms with Crippen molar-refractivity contribution in [1.82, 2.24) is 19.7 Å². The van der Waals surface area contributed by atoms with Gasteiger partial charge in [-0.05, 0) is 25.3 Å². The van der Waals surface area contributed by atoms with Crippen LogP contribution in [0, 0.1) is 0 Å². The molecule has 8 heteroatoms. The van der Waals surface area contributed by atoms with Crippen molar-refractivity contribution in [1.29, 1.82) is 0 Å². The Bertz CT molecular complexity index is 941. The van der Waals surface area contributed by atoms with Crippen LogP contribution in [0.2, 0.25) is 0 Å². The van der Waals surface area contributed by atoms with Crippen LogP contribution in [0.25, 0.3) is 10.1 Å². The van der Waals surface area contributed by atoms with E-state index in [1.807, 2.05) is 35.1 Å². The second-order valence-corrected chi connectivity index (χ2v) is 8.34. The lowest BCUT2D eigenvalue weighted by Gasteiger charge is -2.24. The van der Waals surface area contributed by atoms with Crippen LogP contribution in [0.4, 0.5) is 0 Å². The maximum absolute atomic E-state index is 12.5. The minimum absolute atomic E-state index is 0.152. The Labute approximate surface area is 138 Å². The summed E-state index contributed by atoms with van der Waals surface area (Å²) in [6.07, 6.45) is 5.29. The number of fused-ring (bicyclic) bond motifs is 1. The molecule has 1 aliphatic rings. The van der Waals surface area contributed by atoms with Crippen molar-refractivity contribution >= 4 is 31.4 Å². The maximum Gasteiger partial charge on any atom is 0.242 e. The highest BCUT2D eigenvalue weighted by Gasteiger charge is 2.22. The molecule has 6 nitrogen and oxygen atoms in total. The Morgan fingerprint density at radius 3 is 2.91 bits per heavy atom. The summed E-state index contributed by atoms with van der Waals surface area (Å²) in [6.45, 7) is 0.152. The highest BCUT2D eigenvalue weighted by Crippen LogP contribution is 2.31. The summed E-state index contributed by atoms with van der Waals surface area (Å²) in [5.74, 6) is 0. The summed E-state index contributed by atoms with van der Waals surface area (Å²) >= 11 is 1.43. The molecule has 1 aromatic carbocycles. The third kappa shape index (κ3) is 2.77. The number of thiophene rings is 1. The van der Waals surface area contributed by atoms with Gasteiger partial charge >= 0.3 is 0 Å². The van der Waals surface area contributed by atoms with Crippen molar-refractivity contribution in [2.45, 2.75) is 36.7 Å². The quantitative estimate of drug-likeness (QED) is 0.769. The van der Waals surface area contributed by atoms with Gasteiger partial charge in [-0.25, -0.2) is 17.8 Å². The van der Waals surface area contributed by atoms with E-state index in [2.05, 4.69) is 15.0 Å². The molecule has 0 bridgehead atoms. The molecule has 0 saturated heterocycles. The van der Waals surface area contributed by atoms with Crippen molar-refractivity contribution in [3.63, 3.8) is 0 Å². The van der Waals surface area contributed by atoms with Crippen molar-refractivity contribution in [2.75, 3.05) is 0 Å². The third-order valence-electron chi connectivity index (χ3n) is 4.18. The molecule has 1 aliphatic carbocycles. The number of aromatic nitrogens is 3. The number of nitrogens with one attached hydrogen (secondary N) is 1. The first kappa shape index (κ1) is 14.8. The van der Waals surface area contributed by atoms with Crippen molar-refractivity contribution < 1.29 is 8.42 Å². The van der Waals surface area contributed by atoms with E-state index in [1.165, 1.54) is 17.8 Å². The number of hydrogen-bond donors (Lipinski definition) is 1. The highest BCUT2D eigenvalue weighted by molar-refractivity contribution is 7.89. The number of sulfonamides is 1. The molecule has 0 atom stereocenters. The Hall–Kier alpha value is -1.77. The topological polar surface area (TPSA) is 76.9 Å². The van der Waals surface area contributed by atoms with E-state index in [1.54, 1.807) is 5.38 Å². The van der Waals surface area contributed by atoms with E-state index < -0.39 is 10.0 Å². The van der Waals surface area contributed by atoms with Crippen LogP contribution in [0.15, 0.2) is 40.7 Å². The molecule has 1 saturated carbocycles. The van der Waals surface area contributed by atoms with Crippen LogP contribution in [0.1, 0.15) is 31.0 Å². The Morgan fingerprint density at radius 1 is 1.30 bits per heavy atom. The third-order valence-corrected chi connectivity index (χ3v) is 6.74. The summed E-state index contributed by atoms with van der Waals surface area (Å²) in [6, 6.07) is 7.92. The van der Waals surface area contributed by atoms with Gasteiger partial charge in [0.25, 0.3) is 0 Å². The zero-order valence-electron chi connectivity index (χ0n) is 12.3. The molecule has 0 radical (unpaired) electrons. The molecule has 1 fully saturated rings. The van der Waals surface area contributed by atoms with Crippen LogP contribution >= 0.6 is 11.3 Å². The van der Waals surface area contributed by atoms with Crippen molar-refractivity contribution in [3.8, 4) is 0 Å². The lowest BCUT2D eigenvalue weighted by atomic mass is 9.93. The molecular formula is C15H16N4O2S2. The number of hydrogen-bond acceptors (Lipinski definition) is 5. The molecule has 2 aromatic heterocycles. The molecule has 120 valence electrons. The fraction of sp³-hybridized carbons (Fsp3) is 0.333. The largest absolute Gasteiger partial charge is 0.249 e. The van der Waals surface area contributed by atoms with Gasteiger partial charge in [0, 0.05) is 15.5 Å². The molecule has 0 unspecified atom stereocenters. The molecule has 2 heterocycles. The summed E-state index contributed by atoms with van der Waals surface area (Å²) in [4.78, 5) is 0.324. The molecular weight excluding hydrogens is 332 g/mol. The van der Waals surface area contributed by atoms with Gasteiger partial charge < -0.3 is 0 Å². The van der Waals surface area contributed by atoms with Gasteiger partial charge in [-0.1, -0.05) is 23.4 Å². The first-order valence-electron chi connectivity index (χ1n) is 7.50. The van der Waals surface area contributed by atoms with E-state index in [9.17, 15) is 8.42 Å².